The van der Waals surface area contributed by atoms with E-state index in [-0.39, 0.29) is 5.60 Å². The second-order valence-electron chi connectivity index (χ2n) is 5.59. The van der Waals surface area contributed by atoms with Gasteiger partial charge in [-0.2, -0.15) is 0 Å². The van der Waals surface area contributed by atoms with E-state index in [1.807, 2.05) is 7.11 Å². The van der Waals surface area contributed by atoms with Crippen LogP contribution in [-0.2, 0) is 9.47 Å². The lowest BCUT2D eigenvalue weighted by Crippen LogP contribution is -2.48. The zero-order valence-corrected chi connectivity index (χ0v) is 11.2. The molecule has 2 rings (SSSR count). The van der Waals surface area contributed by atoms with Gasteiger partial charge in [0.25, 0.3) is 0 Å². The van der Waals surface area contributed by atoms with Gasteiger partial charge in [-0.3, -0.25) is 0 Å². The molecular formula is C13H26N2O2. The molecule has 0 aliphatic carbocycles. The Balaban J connectivity index is 1.90. The predicted molar refractivity (Wildman–Crippen MR) is 68.3 cm³/mol. The topological polar surface area (TPSA) is 33.7 Å². The van der Waals surface area contributed by atoms with Crippen molar-refractivity contribution in [2.24, 2.45) is 5.92 Å². The van der Waals surface area contributed by atoms with Gasteiger partial charge in [-0.25, -0.2) is 0 Å². The Bertz CT molecular complexity index is 229. The van der Waals surface area contributed by atoms with Gasteiger partial charge in [0.2, 0.25) is 0 Å². The molecule has 0 radical (unpaired) electrons. The molecule has 2 aliphatic heterocycles. The highest BCUT2D eigenvalue weighted by Crippen LogP contribution is 2.24. The van der Waals surface area contributed by atoms with Crippen LogP contribution in [-0.4, -0.2) is 63.5 Å². The summed E-state index contributed by atoms with van der Waals surface area (Å²) in [5.74, 6) is 0.714. The van der Waals surface area contributed by atoms with Gasteiger partial charge < -0.3 is 19.7 Å². The maximum absolute atomic E-state index is 5.73. The van der Waals surface area contributed by atoms with Crippen LogP contribution in [0.5, 0.6) is 0 Å². The van der Waals surface area contributed by atoms with E-state index >= 15 is 0 Å². The molecule has 1 N–H and O–H groups in total. The summed E-state index contributed by atoms with van der Waals surface area (Å²) < 4.78 is 11.2. The van der Waals surface area contributed by atoms with E-state index in [1.54, 1.807) is 0 Å². The maximum atomic E-state index is 5.73. The molecule has 2 saturated heterocycles. The van der Waals surface area contributed by atoms with Gasteiger partial charge in [0.1, 0.15) is 5.60 Å². The van der Waals surface area contributed by atoms with E-state index in [0.717, 1.165) is 45.8 Å². The van der Waals surface area contributed by atoms with Crippen molar-refractivity contribution in [2.75, 3.05) is 53.0 Å². The van der Waals surface area contributed by atoms with Crippen LogP contribution in [0.25, 0.3) is 0 Å². The maximum Gasteiger partial charge on any atom is 0.106 e. The van der Waals surface area contributed by atoms with Crippen LogP contribution in [0.15, 0.2) is 0 Å². The van der Waals surface area contributed by atoms with Crippen LogP contribution < -0.4 is 5.32 Å². The van der Waals surface area contributed by atoms with E-state index in [1.165, 1.54) is 13.0 Å². The Morgan fingerprint density at radius 2 is 2.41 bits per heavy atom. The van der Waals surface area contributed by atoms with Gasteiger partial charge >= 0.3 is 0 Å². The monoisotopic (exact) mass is 242 g/mol. The third-order valence-electron chi connectivity index (χ3n) is 3.90. The highest BCUT2D eigenvalue weighted by Gasteiger charge is 2.36. The molecule has 2 unspecified atom stereocenters. The minimum atomic E-state index is -0.0493. The Kier molecular flexibility index (Phi) is 4.79. The van der Waals surface area contributed by atoms with E-state index in [0.29, 0.717) is 5.92 Å². The van der Waals surface area contributed by atoms with Crippen molar-refractivity contribution in [1.82, 2.24) is 10.2 Å². The summed E-state index contributed by atoms with van der Waals surface area (Å²) in [6, 6.07) is 0. The highest BCUT2D eigenvalue weighted by atomic mass is 16.5. The third-order valence-corrected chi connectivity index (χ3v) is 3.90. The average molecular weight is 242 g/mol. The van der Waals surface area contributed by atoms with Crippen molar-refractivity contribution >= 4 is 0 Å². The minimum Gasteiger partial charge on any atom is -0.378 e. The van der Waals surface area contributed by atoms with Crippen LogP contribution in [0.1, 0.15) is 19.8 Å². The SMILES string of the molecule is COC1(CN2CCCNCC(C)C2)CCOC1. The molecule has 2 aliphatic rings. The Morgan fingerprint density at radius 3 is 3.12 bits per heavy atom. The Morgan fingerprint density at radius 1 is 1.53 bits per heavy atom. The molecule has 0 aromatic rings. The smallest absolute Gasteiger partial charge is 0.106 e. The normalized spacial score (nSPS) is 36.7. The van der Waals surface area contributed by atoms with Crippen LogP contribution in [0.4, 0.5) is 0 Å². The fraction of sp³-hybridized carbons (Fsp3) is 1.00. The molecule has 17 heavy (non-hydrogen) atoms. The number of nitrogens with one attached hydrogen (secondary N) is 1. The number of methoxy groups -OCH3 is 1. The van der Waals surface area contributed by atoms with Gasteiger partial charge in [-0.1, -0.05) is 6.92 Å². The molecule has 2 atom stereocenters. The molecule has 2 fully saturated rings. The summed E-state index contributed by atoms with van der Waals surface area (Å²) in [7, 11) is 1.82. The third kappa shape index (κ3) is 3.65. The van der Waals surface area contributed by atoms with Crippen LogP contribution >= 0.6 is 0 Å². The number of ether oxygens (including phenoxy) is 2. The average Bonchev–Trinajstić information content (AvgIpc) is 2.75. The second-order valence-corrected chi connectivity index (χ2v) is 5.59. The van der Waals surface area contributed by atoms with Gasteiger partial charge in [-0.15, -0.1) is 0 Å². The molecule has 0 amide bonds. The summed E-state index contributed by atoms with van der Waals surface area (Å²) >= 11 is 0. The van der Waals surface area contributed by atoms with Crippen molar-refractivity contribution in [3.05, 3.63) is 0 Å². The minimum absolute atomic E-state index is 0.0493. The van der Waals surface area contributed by atoms with Gasteiger partial charge in [-0.05, 0) is 32.0 Å². The summed E-state index contributed by atoms with van der Waals surface area (Å²) in [5.41, 5.74) is -0.0493. The molecular weight excluding hydrogens is 216 g/mol. The first kappa shape index (κ1) is 13.3. The number of hydrogen-bond acceptors (Lipinski definition) is 4. The van der Waals surface area contributed by atoms with E-state index in [4.69, 9.17) is 9.47 Å². The molecule has 4 heteroatoms. The number of rotatable bonds is 3. The number of nitrogens with zero attached hydrogens (tertiary/aromatic N) is 1. The van der Waals surface area contributed by atoms with Crippen LogP contribution in [0, 0.1) is 5.92 Å². The van der Waals surface area contributed by atoms with Crippen molar-refractivity contribution in [1.29, 1.82) is 0 Å². The summed E-state index contributed by atoms with van der Waals surface area (Å²) in [6.07, 6.45) is 2.26. The summed E-state index contributed by atoms with van der Waals surface area (Å²) in [4.78, 5) is 2.56. The van der Waals surface area contributed by atoms with Gasteiger partial charge in [0.05, 0.1) is 6.61 Å². The molecule has 4 nitrogen and oxygen atoms in total. The fourth-order valence-corrected chi connectivity index (χ4v) is 2.86. The van der Waals surface area contributed by atoms with E-state index in [9.17, 15) is 0 Å². The fourth-order valence-electron chi connectivity index (χ4n) is 2.86. The molecule has 0 aromatic carbocycles. The highest BCUT2D eigenvalue weighted by molar-refractivity contribution is 4.89. The summed E-state index contributed by atoms with van der Waals surface area (Å²) in [6.45, 7) is 9.54. The Labute approximate surface area is 105 Å². The van der Waals surface area contributed by atoms with Crippen LogP contribution in [0.2, 0.25) is 0 Å². The van der Waals surface area contributed by atoms with Gasteiger partial charge in [0.15, 0.2) is 0 Å². The standard InChI is InChI=1S/C13H26N2O2/c1-12-8-14-5-3-6-15(9-12)10-13(16-2)4-7-17-11-13/h12,14H,3-11H2,1-2H3. The molecule has 0 saturated carbocycles. The largest absolute Gasteiger partial charge is 0.378 e. The first-order valence-corrected chi connectivity index (χ1v) is 6.80. The summed E-state index contributed by atoms with van der Waals surface area (Å²) in [5, 5.41) is 3.49. The van der Waals surface area contributed by atoms with Crippen molar-refractivity contribution in [2.45, 2.75) is 25.4 Å². The van der Waals surface area contributed by atoms with Crippen molar-refractivity contribution in [3.8, 4) is 0 Å². The second kappa shape index (κ2) is 6.14. The Hall–Kier alpha value is -0.160. The molecule has 2 heterocycles. The quantitative estimate of drug-likeness (QED) is 0.791. The van der Waals surface area contributed by atoms with E-state index in [2.05, 4.69) is 17.1 Å². The van der Waals surface area contributed by atoms with Crippen LogP contribution in [0.3, 0.4) is 0 Å². The lowest BCUT2D eigenvalue weighted by Gasteiger charge is -2.35. The zero-order chi connectivity index (χ0) is 12.1. The number of hydrogen-bond donors (Lipinski definition) is 1. The van der Waals surface area contributed by atoms with Gasteiger partial charge in [0, 0.05) is 33.2 Å². The molecule has 0 spiro atoms. The first-order chi connectivity index (χ1) is 8.24. The van der Waals surface area contributed by atoms with E-state index < -0.39 is 0 Å². The zero-order valence-electron chi connectivity index (χ0n) is 11.2. The molecule has 0 aromatic heterocycles. The molecule has 0 bridgehead atoms. The lowest BCUT2D eigenvalue weighted by molar-refractivity contribution is -0.0436. The van der Waals surface area contributed by atoms with Crippen molar-refractivity contribution in [3.63, 3.8) is 0 Å². The predicted octanol–water partition coefficient (Wildman–Crippen LogP) is 0.723. The first-order valence-electron chi connectivity index (χ1n) is 6.80. The lowest BCUT2D eigenvalue weighted by atomic mass is 10.0. The molecule has 100 valence electrons. The van der Waals surface area contributed by atoms with Crippen molar-refractivity contribution < 1.29 is 9.47 Å².